The molecule has 4 atom stereocenters. The molecule has 170 valence electrons. The third-order valence-corrected chi connectivity index (χ3v) is 7.88. The predicted octanol–water partition coefficient (Wildman–Crippen LogP) is 1.39. The van der Waals surface area contributed by atoms with Crippen LogP contribution in [-0.4, -0.2) is 87.6 Å². The lowest BCUT2D eigenvalue weighted by molar-refractivity contribution is -0.167. The van der Waals surface area contributed by atoms with Crippen LogP contribution in [0.1, 0.15) is 31.4 Å². The van der Waals surface area contributed by atoms with Gasteiger partial charge in [-0.1, -0.05) is 6.07 Å². The van der Waals surface area contributed by atoms with E-state index in [9.17, 15) is 9.59 Å². The SMILES string of the molecule is O=C([C@H]1[C@H]2C[C@H](CN(Cc3cccc4ccnn34)C2)[C@@H]2CCCC(=O)N21)N1CCOCC1. The number of likely N-dealkylation sites (tertiary alicyclic amines) is 1. The number of pyridine rings is 1. The van der Waals surface area contributed by atoms with E-state index in [0.717, 1.165) is 44.4 Å². The number of fused-ring (bicyclic) bond motifs is 5. The smallest absolute Gasteiger partial charge is 0.245 e. The number of hydrogen-bond donors (Lipinski definition) is 0. The van der Waals surface area contributed by atoms with Crippen LogP contribution in [-0.2, 0) is 20.9 Å². The van der Waals surface area contributed by atoms with Crippen molar-refractivity contribution in [2.24, 2.45) is 11.8 Å². The molecule has 6 rings (SSSR count). The van der Waals surface area contributed by atoms with Crippen molar-refractivity contribution in [2.45, 2.75) is 44.3 Å². The molecular formula is C24H31N5O3. The molecule has 8 nitrogen and oxygen atoms in total. The number of morpholine rings is 1. The van der Waals surface area contributed by atoms with Crippen LogP contribution in [0.4, 0.5) is 0 Å². The van der Waals surface area contributed by atoms with Gasteiger partial charge in [0.1, 0.15) is 6.04 Å². The Morgan fingerprint density at radius 3 is 2.84 bits per heavy atom. The highest BCUT2D eigenvalue weighted by Gasteiger charge is 2.52. The van der Waals surface area contributed by atoms with Gasteiger partial charge >= 0.3 is 0 Å². The fourth-order valence-electron chi connectivity index (χ4n) is 6.53. The molecule has 6 heterocycles. The van der Waals surface area contributed by atoms with E-state index < -0.39 is 0 Å². The largest absolute Gasteiger partial charge is 0.378 e. The van der Waals surface area contributed by atoms with Crippen molar-refractivity contribution in [3.8, 4) is 0 Å². The Hall–Kier alpha value is -2.45. The van der Waals surface area contributed by atoms with E-state index >= 15 is 0 Å². The van der Waals surface area contributed by atoms with Gasteiger partial charge < -0.3 is 14.5 Å². The van der Waals surface area contributed by atoms with Crippen LogP contribution in [0.3, 0.4) is 0 Å². The van der Waals surface area contributed by atoms with Crippen LogP contribution < -0.4 is 0 Å². The van der Waals surface area contributed by atoms with Gasteiger partial charge in [0.05, 0.1) is 24.4 Å². The Bertz CT molecular complexity index is 1020. The molecule has 0 N–H and O–H groups in total. The predicted molar refractivity (Wildman–Crippen MR) is 118 cm³/mol. The highest BCUT2D eigenvalue weighted by Crippen LogP contribution is 2.42. The van der Waals surface area contributed by atoms with Crippen molar-refractivity contribution >= 4 is 17.3 Å². The zero-order valence-corrected chi connectivity index (χ0v) is 18.4. The maximum Gasteiger partial charge on any atom is 0.245 e. The number of ether oxygens (including phenoxy) is 1. The second-order valence-electron chi connectivity index (χ2n) is 9.78. The van der Waals surface area contributed by atoms with Crippen LogP contribution in [0.25, 0.3) is 5.52 Å². The van der Waals surface area contributed by atoms with E-state index in [1.54, 1.807) is 0 Å². The summed E-state index contributed by atoms with van der Waals surface area (Å²) in [5.41, 5.74) is 2.27. The summed E-state index contributed by atoms with van der Waals surface area (Å²) in [6, 6.07) is 8.18. The zero-order valence-electron chi connectivity index (χ0n) is 18.4. The lowest BCUT2D eigenvalue weighted by Crippen LogP contribution is -2.68. The molecule has 0 spiro atoms. The molecule has 0 saturated carbocycles. The average Bonchev–Trinajstić information content (AvgIpc) is 3.30. The highest BCUT2D eigenvalue weighted by atomic mass is 16.5. The Morgan fingerprint density at radius 2 is 1.97 bits per heavy atom. The first kappa shape index (κ1) is 20.2. The van der Waals surface area contributed by atoms with Gasteiger partial charge in [0.2, 0.25) is 11.8 Å². The molecule has 8 heteroatoms. The fourth-order valence-corrected chi connectivity index (χ4v) is 6.53. The maximum absolute atomic E-state index is 13.7. The molecule has 2 amide bonds. The van der Waals surface area contributed by atoms with Gasteiger partial charge in [-0.05, 0) is 43.4 Å². The van der Waals surface area contributed by atoms with E-state index in [4.69, 9.17) is 4.74 Å². The second-order valence-corrected chi connectivity index (χ2v) is 9.78. The zero-order chi connectivity index (χ0) is 21.7. The Morgan fingerprint density at radius 1 is 1.12 bits per heavy atom. The number of amides is 2. The van der Waals surface area contributed by atoms with Gasteiger partial charge in [0, 0.05) is 57.3 Å². The van der Waals surface area contributed by atoms with Crippen molar-refractivity contribution in [1.82, 2.24) is 24.3 Å². The van der Waals surface area contributed by atoms with Crippen LogP contribution in [0, 0.1) is 11.8 Å². The molecular weight excluding hydrogens is 406 g/mol. The lowest BCUT2D eigenvalue weighted by atomic mass is 9.71. The van der Waals surface area contributed by atoms with Gasteiger partial charge in [-0.15, -0.1) is 0 Å². The van der Waals surface area contributed by atoms with Crippen molar-refractivity contribution in [3.05, 3.63) is 36.2 Å². The molecule has 4 aliphatic heterocycles. The van der Waals surface area contributed by atoms with Crippen molar-refractivity contribution in [1.29, 1.82) is 0 Å². The summed E-state index contributed by atoms with van der Waals surface area (Å²) in [4.78, 5) is 33.2. The van der Waals surface area contributed by atoms with Gasteiger partial charge in [-0.3, -0.25) is 14.5 Å². The maximum atomic E-state index is 13.7. The molecule has 0 aliphatic carbocycles. The first-order valence-corrected chi connectivity index (χ1v) is 12.0. The quantitative estimate of drug-likeness (QED) is 0.726. The van der Waals surface area contributed by atoms with Crippen LogP contribution in [0.5, 0.6) is 0 Å². The van der Waals surface area contributed by atoms with Crippen molar-refractivity contribution in [3.63, 3.8) is 0 Å². The minimum atomic E-state index is -0.328. The summed E-state index contributed by atoms with van der Waals surface area (Å²) >= 11 is 0. The number of hydrogen-bond acceptors (Lipinski definition) is 5. The lowest BCUT2D eigenvalue weighted by Gasteiger charge is -2.56. The van der Waals surface area contributed by atoms with E-state index in [0.29, 0.717) is 38.6 Å². The van der Waals surface area contributed by atoms with Gasteiger partial charge in [-0.25, -0.2) is 4.52 Å². The molecule has 0 aromatic carbocycles. The molecule has 32 heavy (non-hydrogen) atoms. The summed E-state index contributed by atoms with van der Waals surface area (Å²) in [6.45, 7) is 5.05. The number of carbonyl (C=O) groups is 2. The molecule has 0 unspecified atom stereocenters. The Labute approximate surface area is 188 Å². The molecule has 2 aromatic rings. The van der Waals surface area contributed by atoms with E-state index in [2.05, 4.69) is 28.2 Å². The van der Waals surface area contributed by atoms with E-state index in [-0.39, 0.29) is 29.8 Å². The topological polar surface area (TPSA) is 70.4 Å². The number of aromatic nitrogens is 2. The number of nitrogens with zero attached hydrogens (tertiary/aromatic N) is 5. The minimum absolute atomic E-state index is 0.132. The van der Waals surface area contributed by atoms with Gasteiger partial charge in [0.15, 0.2) is 0 Å². The standard InChI is InChI=1S/C24H31N5O3/c30-22-6-2-5-21-17-13-18(23(28(21)22)24(31)27-9-11-32-12-10-27)15-26(14-17)16-20-4-1-3-19-7-8-25-29(19)20/h1,3-4,7-8,17-18,21,23H,2,5-6,9-16H2/t17-,18+,21+,23-/m1/s1. The van der Waals surface area contributed by atoms with Crippen molar-refractivity contribution < 1.29 is 14.3 Å². The summed E-state index contributed by atoms with van der Waals surface area (Å²) in [5, 5.41) is 4.50. The van der Waals surface area contributed by atoms with Crippen LogP contribution in [0.2, 0.25) is 0 Å². The molecule has 4 aliphatic rings. The van der Waals surface area contributed by atoms with Gasteiger partial charge in [-0.2, -0.15) is 5.10 Å². The van der Waals surface area contributed by atoms with Gasteiger partial charge in [0.25, 0.3) is 0 Å². The molecule has 0 radical (unpaired) electrons. The summed E-state index contributed by atoms with van der Waals surface area (Å²) in [5.74, 6) is 0.924. The normalized spacial score (nSPS) is 31.1. The summed E-state index contributed by atoms with van der Waals surface area (Å²) in [6.07, 6.45) is 5.41. The third-order valence-electron chi connectivity index (χ3n) is 7.88. The second kappa shape index (κ2) is 8.15. The fraction of sp³-hybridized carbons (Fsp3) is 0.625. The molecule has 2 bridgehead atoms. The molecule has 4 saturated heterocycles. The van der Waals surface area contributed by atoms with E-state index in [1.165, 1.54) is 5.69 Å². The average molecular weight is 438 g/mol. The Kier molecular flexibility index (Phi) is 5.14. The highest BCUT2D eigenvalue weighted by molar-refractivity contribution is 5.89. The Balaban J connectivity index is 1.29. The number of carbonyl (C=O) groups excluding carboxylic acids is 2. The monoisotopic (exact) mass is 437 g/mol. The van der Waals surface area contributed by atoms with Crippen LogP contribution in [0.15, 0.2) is 30.5 Å². The summed E-state index contributed by atoms with van der Waals surface area (Å²) < 4.78 is 7.48. The van der Waals surface area contributed by atoms with Crippen molar-refractivity contribution in [2.75, 3.05) is 39.4 Å². The first-order valence-electron chi connectivity index (χ1n) is 12.0. The molecule has 4 fully saturated rings. The first-order chi connectivity index (χ1) is 15.7. The third kappa shape index (κ3) is 3.40. The van der Waals surface area contributed by atoms with Crippen LogP contribution >= 0.6 is 0 Å². The number of rotatable bonds is 3. The number of piperidine rings is 3. The molecule has 2 aromatic heterocycles. The minimum Gasteiger partial charge on any atom is -0.378 e. The van der Waals surface area contributed by atoms with E-state index in [1.807, 2.05) is 26.6 Å². The summed E-state index contributed by atoms with van der Waals surface area (Å²) in [7, 11) is 0.